The Morgan fingerprint density at radius 1 is 1.53 bits per heavy atom. The lowest BCUT2D eigenvalue weighted by Crippen LogP contribution is -2.46. The Bertz CT molecular complexity index is 565. The lowest BCUT2D eigenvalue weighted by molar-refractivity contribution is 0.0870. The third-order valence-electron chi connectivity index (χ3n) is 3.13. The second-order valence-electron chi connectivity index (χ2n) is 5.15. The molecule has 0 fully saturated rings. The first kappa shape index (κ1) is 10.4. The van der Waals surface area contributed by atoms with E-state index in [1.54, 1.807) is 13.8 Å². The van der Waals surface area contributed by atoms with Crippen molar-refractivity contribution in [3.05, 3.63) is 23.9 Å². The summed E-state index contributed by atoms with van der Waals surface area (Å²) < 4.78 is 4.15. The number of rotatable bonds is 3. The molecule has 0 bridgehead atoms. The molecule has 0 aromatic carbocycles. The molecule has 1 amide bonds. The molecule has 0 unspecified atom stereocenters. The highest BCUT2D eigenvalue weighted by Crippen LogP contribution is 2.34. The van der Waals surface area contributed by atoms with E-state index in [0.29, 0.717) is 5.56 Å². The number of aromatic nitrogens is 2. The standard InChI is InChI=1S/C12H15N3O2/c1-12(2,6-16)13-11(17)8-3-4-10-9(8)5-14-7-15(10)14/h3-5,16H,6-7H2,1-2H3,(H,13,17). The fourth-order valence-electron chi connectivity index (χ4n) is 2.04. The van der Waals surface area contributed by atoms with Crippen molar-refractivity contribution in [3.8, 4) is 11.3 Å². The first-order valence-electron chi connectivity index (χ1n) is 5.64. The van der Waals surface area contributed by atoms with Crippen molar-refractivity contribution >= 4 is 5.91 Å². The summed E-state index contributed by atoms with van der Waals surface area (Å²) in [6.07, 6.45) is 1.98. The second-order valence-corrected chi connectivity index (χ2v) is 5.15. The highest BCUT2D eigenvalue weighted by atomic mass is 16.3. The molecule has 5 nitrogen and oxygen atoms in total. The van der Waals surface area contributed by atoms with Crippen molar-refractivity contribution in [2.45, 2.75) is 26.1 Å². The third-order valence-corrected chi connectivity index (χ3v) is 3.13. The maximum Gasteiger partial charge on any atom is 0.252 e. The number of hydrogen-bond acceptors (Lipinski definition) is 2. The second kappa shape index (κ2) is 3.13. The van der Waals surface area contributed by atoms with Crippen molar-refractivity contribution < 1.29 is 9.90 Å². The minimum absolute atomic E-state index is 0.0798. The van der Waals surface area contributed by atoms with E-state index in [9.17, 15) is 4.79 Å². The van der Waals surface area contributed by atoms with E-state index in [-0.39, 0.29) is 12.5 Å². The molecular weight excluding hydrogens is 218 g/mol. The highest BCUT2D eigenvalue weighted by molar-refractivity contribution is 6.02. The van der Waals surface area contributed by atoms with Gasteiger partial charge in [0.2, 0.25) is 0 Å². The molecule has 17 heavy (non-hydrogen) atoms. The number of aliphatic hydroxyl groups excluding tert-OH is 1. The number of aliphatic hydroxyl groups is 1. The van der Waals surface area contributed by atoms with E-state index in [2.05, 4.69) is 14.7 Å². The van der Waals surface area contributed by atoms with Gasteiger partial charge in [-0.15, -0.1) is 0 Å². The largest absolute Gasteiger partial charge is 0.394 e. The zero-order chi connectivity index (χ0) is 12.2. The van der Waals surface area contributed by atoms with Crippen molar-refractivity contribution in [3.63, 3.8) is 0 Å². The van der Waals surface area contributed by atoms with Gasteiger partial charge in [0.15, 0.2) is 0 Å². The SMILES string of the molecule is CC(C)(CO)NC(=O)c1ccc2n3n(cc1-2)C3. The zero-order valence-electron chi connectivity index (χ0n) is 9.90. The average Bonchev–Trinajstić information content (AvgIpc) is 2.75. The number of carbonyl (C=O) groups excluding carboxylic acids is 1. The van der Waals surface area contributed by atoms with Crippen LogP contribution in [0.4, 0.5) is 0 Å². The zero-order valence-corrected chi connectivity index (χ0v) is 9.90. The molecule has 2 N–H and O–H groups in total. The van der Waals surface area contributed by atoms with E-state index in [1.165, 1.54) is 0 Å². The minimum atomic E-state index is -0.594. The monoisotopic (exact) mass is 233 g/mol. The third kappa shape index (κ3) is 1.54. The van der Waals surface area contributed by atoms with Crippen LogP contribution in [0.2, 0.25) is 0 Å². The van der Waals surface area contributed by atoms with Gasteiger partial charge in [-0.05, 0) is 26.0 Å². The average molecular weight is 233 g/mol. The minimum Gasteiger partial charge on any atom is -0.394 e. The van der Waals surface area contributed by atoms with E-state index in [0.717, 1.165) is 17.9 Å². The predicted octanol–water partition coefficient (Wildman–Crippen LogP) is 0.714. The molecule has 0 saturated carbocycles. The van der Waals surface area contributed by atoms with Gasteiger partial charge in [0.25, 0.3) is 5.91 Å². The van der Waals surface area contributed by atoms with Gasteiger partial charge in [-0.2, -0.15) is 0 Å². The molecule has 0 saturated heterocycles. The number of nitrogens with zero attached hydrogens (tertiary/aromatic N) is 2. The van der Waals surface area contributed by atoms with Gasteiger partial charge in [0, 0.05) is 11.8 Å². The number of fused-ring (bicyclic) bond motifs is 3. The molecule has 0 spiro atoms. The Morgan fingerprint density at radius 2 is 2.29 bits per heavy atom. The van der Waals surface area contributed by atoms with Crippen LogP contribution >= 0.6 is 0 Å². The van der Waals surface area contributed by atoms with E-state index >= 15 is 0 Å². The Hall–Kier alpha value is -1.75. The summed E-state index contributed by atoms with van der Waals surface area (Å²) in [5.41, 5.74) is 2.15. The molecule has 0 atom stereocenters. The van der Waals surface area contributed by atoms with Crippen molar-refractivity contribution in [2.75, 3.05) is 6.61 Å². The summed E-state index contributed by atoms with van der Waals surface area (Å²) in [5, 5.41) is 12.0. The summed E-state index contributed by atoms with van der Waals surface area (Å²) in [7, 11) is 0. The molecule has 5 heteroatoms. The Balaban J connectivity index is 1.87. The van der Waals surface area contributed by atoms with E-state index < -0.39 is 5.54 Å². The Morgan fingerprint density at radius 3 is 3.00 bits per heavy atom. The van der Waals surface area contributed by atoms with E-state index in [4.69, 9.17) is 5.11 Å². The maximum atomic E-state index is 12.1. The van der Waals surface area contributed by atoms with Crippen LogP contribution in [0.25, 0.3) is 11.3 Å². The van der Waals surface area contributed by atoms with E-state index in [1.807, 2.05) is 18.3 Å². The van der Waals surface area contributed by atoms with Crippen molar-refractivity contribution in [2.24, 2.45) is 0 Å². The first-order chi connectivity index (χ1) is 8.02. The molecule has 3 rings (SSSR count). The van der Waals surface area contributed by atoms with Gasteiger partial charge in [-0.1, -0.05) is 0 Å². The summed E-state index contributed by atoms with van der Waals surface area (Å²) in [6, 6.07) is 3.79. The van der Waals surface area contributed by atoms with Crippen LogP contribution < -0.4 is 5.32 Å². The molecule has 0 aromatic heterocycles. The molecule has 0 aromatic rings. The molecule has 0 radical (unpaired) electrons. The van der Waals surface area contributed by atoms with Gasteiger partial charge in [-0.3, -0.25) is 14.2 Å². The lowest BCUT2D eigenvalue weighted by atomic mass is 10.1. The fourth-order valence-corrected chi connectivity index (χ4v) is 2.04. The normalized spacial score (nSPS) is 13.8. The Kier molecular flexibility index (Phi) is 1.92. The molecule has 2 aliphatic heterocycles. The molecule has 90 valence electrons. The van der Waals surface area contributed by atoms with Gasteiger partial charge in [-0.25, -0.2) is 0 Å². The Labute approximate surface area is 99.0 Å². The summed E-state index contributed by atoms with van der Waals surface area (Å²) in [4.78, 5) is 12.1. The van der Waals surface area contributed by atoms with Crippen LogP contribution in [0.5, 0.6) is 0 Å². The smallest absolute Gasteiger partial charge is 0.252 e. The van der Waals surface area contributed by atoms with Crippen LogP contribution in [0.15, 0.2) is 18.3 Å². The van der Waals surface area contributed by atoms with Gasteiger partial charge in [0.05, 0.1) is 23.4 Å². The summed E-state index contributed by atoms with van der Waals surface area (Å²) in [6.45, 7) is 4.42. The molecular formula is C12H15N3O2. The molecule has 3 aliphatic rings. The molecule has 1 aliphatic carbocycles. The highest BCUT2D eigenvalue weighted by Gasteiger charge is 2.29. The number of amides is 1. The predicted molar refractivity (Wildman–Crippen MR) is 63.1 cm³/mol. The topological polar surface area (TPSA) is 59.2 Å². The van der Waals surface area contributed by atoms with Crippen LogP contribution in [0.1, 0.15) is 24.2 Å². The van der Waals surface area contributed by atoms with Gasteiger partial charge < -0.3 is 10.4 Å². The summed E-state index contributed by atoms with van der Waals surface area (Å²) in [5.74, 6) is -0.134. The van der Waals surface area contributed by atoms with Gasteiger partial charge in [0.1, 0.15) is 6.67 Å². The van der Waals surface area contributed by atoms with Crippen LogP contribution in [-0.2, 0) is 6.67 Å². The van der Waals surface area contributed by atoms with Crippen molar-refractivity contribution in [1.82, 2.24) is 14.7 Å². The maximum absolute atomic E-state index is 12.1. The van der Waals surface area contributed by atoms with Crippen LogP contribution in [-0.4, -0.2) is 32.5 Å². The number of nitrogens with one attached hydrogen (secondary N) is 1. The lowest BCUT2D eigenvalue weighted by Gasteiger charge is -2.23. The van der Waals surface area contributed by atoms with Crippen LogP contribution in [0, 0.1) is 0 Å². The molecule has 2 heterocycles. The van der Waals surface area contributed by atoms with Gasteiger partial charge >= 0.3 is 0 Å². The number of hydrogen-bond donors (Lipinski definition) is 2. The quantitative estimate of drug-likeness (QED) is 0.700. The fraction of sp³-hybridized carbons (Fsp3) is 0.417. The number of carbonyl (C=O) groups is 1. The summed E-state index contributed by atoms with van der Waals surface area (Å²) >= 11 is 0. The van der Waals surface area contributed by atoms with Crippen LogP contribution in [0.3, 0.4) is 0 Å². The van der Waals surface area contributed by atoms with Crippen molar-refractivity contribution in [1.29, 1.82) is 0 Å². The first-order valence-corrected chi connectivity index (χ1v) is 5.64.